The van der Waals surface area contributed by atoms with Gasteiger partial charge >= 0.3 is 0 Å². The predicted molar refractivity (Wildman–Crippen MR) is 67.2 cm³/mol. The third kappa shape index (κ3) is 3.04. The highest BCUT2D eigenvalue weighted by molar-refractivity contribution is 7.11. The minimum Gasteiger partial charge on any atom is -0.481 e. The summed E-state index contributed by atoms with van der Waals surface area (Å²) in [6.45, 7) is 3.57. The molecule has 0 aromatic carbocycles. The second kappa shape index (κ2) is 5.29. The van der Waals surface area contributed by atoms with Gasteiger partial charge in [-0.1, -0.05) is 0 Å². The number of hydrogen-bond acceptors (Lipinski definition) is 5. The van der Waals surface area contributed by atoms with Gasteiger partial charge in [0.2, 0.25) is 5.88 Å². The lowest BCUT2D eigenvalue weighted by Crippen LogP contribution is -2.12. The van der Waals surface area contributed by atoms with E-state index in [4.69, 9.17) is 4.74 Å². The van der Waals surface area contributed by atoms with Crippen LogP contribution in [0.3, 0.4) is 0 Å². The molecule has 0 atom stereocenters. The Hall–Kier alpha value is -1.40. The number of rotatable bonds is 5. The minimum atomic E-state index is 0.730. The molecule has 6 heteroatoms. The smallest absolute Gasteiger partial charge is 0.211 e. The molecule has 1 N–H and O–H groups in total. The van der Waals surface area contributed by atoms with Crippen LogP contribution in [-0.4, -0.2) is 21.9 Å². The maximum absolute atomic E-state index is 5.16. The van der Waals surface area contributed by atoms with Crippen LogP contribution in [0.15, 0.2) is 12.3 Å². The fraction of sp³-hybridized carbons (Fsp3) is 0.455. The maximum Gasteiger partial charge on any atom is 0.211 e. The number of methoxy groups -OCH3 is 1. The van der Waals surface area contributed by atoms with Gasteiger partial charge in [0.15, 0.2) is 0 Å². The number of ether oxygens (including phenoxy) is 1. The van der Waals surface area contributed by atoms with E-state index in [-0.39, 0.29) is 0 Å². The van der Waals surface area contributed by atoms with Crippen LogP contribution in [0.25, 0.3) is 0 Å². The molecule has 92 valence electrons. The molecule has 0 amide bonds. The van der Waals surface area contributed by atoms with Crippen LogP contribution < -0.4 is 10.1 Å². The summed E-state index contributed by atoms with van der Waals surface area (Å²) in [6, 6.07) is 1.94. The summed E-state index contributed by atoms with van der Waals surface area (Å²) in [4.78, 5) is 5.45. The van der Waals surface area contributed by atoms with Crippen LogP contribution in [0.1, 0.15) is 15.6 Å². The Labute approximate surface area is 104 Å². The Balaban J connectivity index is 1.85. The Morgan fingerprint density at radius 3 is 2.88 bits per heavy atom. The van der Waals surface area contributed by atoms with Gasteiger partial charge in [0, 0.05) is 37.3 Å². The van der Waals surface area contributed by atoms with Crippen LogP contribution in [0.4, 0.5) is 0 Å². The Morgan fingerprint density at radius 2 is 2.29 bits per heavy atom. The molecule has 5 nitrogen and oxygen atoms in total. The molecule has 0 fully saturated rings. The first-order valence-electron chi connectivity index (χ1n) is 5.38. The molecule has 0 unspecified atom stereocenters. The highest BCUT2D eigenvalue weighted by Crippen LogP contribution is 2.13. The van der Waals surface area contributed by atoms with Crippen LogP contribution in [0, 0.1) is 6.92 Å². The Bertz CT molecular complexity index is 491. The van der Waals surface area contributed by atoms with Gasteiger partial charge in [-0.15, -0.1) is 11.3 Å². The third-order valence-corrected chi connectivity index (χ3v) is 3.28. The van der Waals surface area contributed by atoms with Crippen molar-refractivity contribution in [1.29, 1.82) is 0 Å². The summed E-state index contributed by atoms with van der Waals surface area (Å²) in [7, 11) is 3.52. The van der Waals surface area contributed by atoms with Crippen molar-refractivity contribution in [2.45, 2.75) is 20.0 Å². The molecule has 0 aliphatic rings. The van der Waals surface area contributed by atoms with E-state index >= 15 is 0 Å². The second-order valence-corrected chi connectivity index (χ2v) is 5.07. The minimum absolute atomic E-state index is 0.730. The monoisotopic (exact) mass is 252 g/mol. The number of aryl methyl sites for hydroxylation is 2. The third-order valence-electron chi connectivity index (χ3n) is 2.37. The number of nitrogens with zero attached hydrogens (tertiary/aromatic N) is 3. The summed E-state index contributed by atoms with van der Waals surface area (Å²) in [5.41, 5.74) is 0.977. The molecule has 0 aliphatic heterocycles. The molecule has 0 radical (unpaired) electrons. The zero-order chi connectivity index (χ0) is 12.3. The van der Waals surface area contributed by atoms with Gasteiger partial charge in [-0.2, -0.15) is 5.10 Å². The van der Waals surface area contributed by atoms with Gasteiger partial charge in [-0.05, 0) is 6.92 Å². The quantitative estimate of drug-likeness (QED) is 0.876. The Kier molecular flexibility index (Phi) is 3.75. The molecule has 0 spiro atoms. The van der Waals surface area contributed by atoms with Crippen molar-refractivity contribution in [3.63, 3.8) is 0 Å². The summed E-state index contributed by atoms with van der Waals surface area (Å²) in [6.07, 6.45) is 1.91. The van der Waals surface area contributed by atoms with Crippen molar-refractivity contribution in [2.75, 3.05) is 7.11 Å². The average Bonchev–Trinajstić information content (AvgIpc) is 2.85. The lowest BCUT2D eigenvalue weighted by molar-refractivity contribution is 0.373. The number of aromatic nitrogens is 3. The number of nitrogens with one attached hydrogen (secondary N) is 1. The van der Waals surface area contributed by atoms with E-state index in [1.807, 2.05) is 26.2 Å². The molecule has 0 bridgehead atoms. The van der Waals surface area contributed by atoms with E-state index in [1.54, 1.807) is 23.1 Å². The lowest BCUT2D eigenvalue weighted by Gasteiger charge is -1.98. The topological polar surface area (TPSA) is 52.0 Å². The van der Waals surface area contributed by atoms with Crippen molar-refractivity contribution in [1.82, 2.24) is 20.1 Å². The SMILES string of the molecule is COc1cc(CNCc2cnc(C)s2)nn1C. The summed E-state index contributed by atoms with van der Waals surface area (Å²) in [5, 5.41) is 8.77. The van der Waals surface area contributed by atoms with Gasteiger partial charge in [0.25, 0.3) is 0 Å². The summed E-state index contributed by atoms with van der Waals surface area (Å²) < 4.78 is 6.89. The highest BCUT2D eigenvalue weighted by Gasteiger charge is 2.04. The predicted octanol–water partition coefficient (Wildman–Crippen LogP) is 1.48. The molecule has 2 aromatic heterocycles. The van der Waals surface area contributed by atoms with Crippen molar-refractivity contribution >= 4 is 11.3 Å². The van der Waals surface area contributed by atoms with Crippen LogP contribution in [0.2, 0.25) is 0 Å². The molecule has 2 aromatic rings. The van der Waals surface area contributed by atoms with Gasteiger partial charge < -0.3 is 10.1 Å². The normalized spacial score (nSPS) is 10.8. The zero-order valence-corrected chi connectivity index (χ0v) is 11.0. The van der Waals surface area contributed by atoms with Crippen LogP contribution in [-0.2, 0) is 20.1 Å². The highest BCUT2D eigenvalue weighted by atomic mass is 32.1. The molecular formula is C11H16N4OS. The van der Waals surface area contributed by atoms with Gasteiger partial charge in [0.1, 0.15) is 0 Å². The molecule has 2 heterocycles. The standard InChI is InChI=1S/C11H16N4OS/c1-8-13-7-10(17-8)6-12-5-9-4-11(16-3)15(2)14-9/h4,7,12H,5-6H2,1-3H3. The number of thiazole rings is 1. The van der Waals surface area contributed by atoms with Gasteiger partial charge in [0.05, 0.1) is 17.8 Å². The second-order valence-electron chi connectivity index (χ2n) is 3.75. The average molecular weight is 252 g/mol. The molecular weight excluding hydrogens is 236 g/mol. The summed E-state index contributed by atoms with van der Waals surface area (Å²) >= 11 is 1.71. The van der Waals surface area contributed by atoms with Crippen LogP contribution in [0.5, 0.6) is 5.88 Å². The molecule has 2 rings (SSSR count). The fourth-order valence-electron chi connectivity index (χ4n) is 1.59. The van der Waals surface area contributed by atoms with Crippen molar-refractivity contribution in [3.05, 3.63) is 27.8 Å². The molecule has 17 heavy (non-hydrogen) atoms. The lowest BCUT2D eigenvalue weighted by atomic mass is 10.4. The first kappa shape index (κ1) is 12.1. The van der Waals surface area contributed by atoms with Crippen molar-refractivity contribution in [2.24, 2.45) is 7.05 Å². The van der Waals surface area contributed by atoms with E-state index in [2.05, 4.69) is 15.4 Å². The Morgan fingerprint density at radius 1 is 1.47 bits per heavy atom. The van der Waals surface area contributed by atoms with E-state index in [0.29, 0.717) is 0 Å². The fourth-order valence-corrected chi connectivity index (χ4v) is 2.35. The van der Waals surface area contributed by atoms with Gasteiger partial charge in [-0.25, -0.2) is 9.67 Å². The van der Waals surface area contributed by atoms with E-state index < -0.39 is 0 Å². The molecule has 0 saturated heterocycles. The van der Waals surface area contributed by atoms with Crippen LogP contribution >= 0.6 is 11.3 Å². The van der Waals surface area contributed by atoms with Crippen molar-refractivity contribution < 1.29 is 4.74 Å². The first-order valence-corrected chi connectivity index (χ1v) is 6.19. The molecule has 0 saturated carbocycles. The maximum atomic E-state index is 5.16. The van der Waals surface area contributed by atoms with Gasteiger partial charge in [-0.3, -0.25) is 0 Å². The first-order chi connectivity index (χ1) is 8.19. The van der Waals surface area contributed by atoms with Crippen molar-refractivity contribution in [3.8, 4) is 5.88 Å². The largest absolute Gasteiger partial charge is 0.481 e. The number of hydrogen-bond donors (Lipinski definition) is 1. The van der Waals surface area contributed by atoms with E-state index in [9.17, 15) is 0 Å². The molecule has 0 aliphatic carbocycles. The van der Waals surface area contributed by atoms with E-state index in [0.717, 1.165) is 29.7 Å². The zero-order valence-electron chi connectivity index (χ0n) is 10.2. The summed E-state index contributed by atoms with van der Waals surface area (Å²) in [5.74, 6) is 0.774. The van der Waals surface area contributed by atoms with E-state index in [1.165, 1.54) is 4.88 Å².